The van der Waals surface area contributed by atoms with E-state index in [1.807, 2.05) is 29.7 Å². The second kappa shape index (κ2) is 3.30. The van der Waals surface area contributed by atoms with Crippen LogP contribution in [-0.2, 0) is 19.4 Å². The van der Waals surface area contributed by atoms with Crippen LogP contribution in [0.15, 0.2) is 24.3 Å². The number of rotatable bonds is 2. The van der Waals surface area contributed by atoms with Crippen molar-refractivity contribution in [2.75, 3.05) is 5.48 Å². The molecule has 0 saturated heterocycles. The van der Waals surface area contributed by atoms with E-state index in [0.717, 1.165) is 10.9 Å². The summed E-state index contributed by atoms with van der Waals surface area (Å²) >= 11 is 4.58. The van der Waals surface area contributed by atoms with Gasteiger partial charge in [-0.2, -0.15) is 0 Å². The third kappa shape index (κ3) is 1.27. The quantitative estimate of drug-likeness (QED) is 0.417. The van der Waals surface area contributed by atoms with Gasteiger partial charge in [0.25, 0.3) is 0 Å². The molecule has 71 valence electrons. The Morgan fingerprint density at radius 2 is 2.15 bits per heavy atom. The fraction of sp³-hybridized carbons (Fsp3) is 0. The molecule has 5 heteroatoms. The van der Waals surface area contributed by atoms with E-state index in [9.17, 15) is 0 Å². The summed E-state index contributed by atoms with van der Waals surface area (Å²) in [5.41, 5.74) is 3.36. The van der Waals surface area contributed by atoms with Gasteiger partial charge in [-0.25, -0.2) is 0 Å². The molecule has 2 rings (SSSR count). The summed E-state index contributed by atoms with van der Waals surface area (Å²) in [6, 6.07) is 7.46. The summed E-state index contributed by atoms with van der Waals surface area (Å²) in [5, 5.41) is 9.67. The molecule has 0 aliphatic rings. The number of anilines is 1. The van der Waals surface area contributed by atoms with Crippen LogP contribution in [0.4, 0.5) is 5.69 Å². The number of hydrogen-bond donors (Lipinski definition) is 3. The zero-order chi connectivity index (χ0) is 9.26. The van der Waals surface area contributed by atoms with Crippen LogP contribution in [0, 0.1) is 0 Å². The normalized spacial score (nSPS) is 10.4. The van der Waals surface area contributed by atoms with Crippen LogP contribution in [0.25, 0.3) is 10.9 Å². The van der Waals surface area contributed by atoms with Gasteiger partial charge in [0.2, 0.25) is 0 Å². The molecule has 0 atom stereocenters. The molecule has 0 radical (unpaired) electrons. The Bertz CT molecular complexity index is 452. The number of fused-ring (bicyclic) bond motifs is 1. The molecule has 1 aromatic carbocycles. The minimum atomic E-state index is 0.337. The van der Waals surface area contributed by atoms with Crippen LogP contribution in [0.1, 0.15) is 0 Å². The summed E-state index contributed by atoms with van der Waals surface area (Å²) in [6.07, 6.45) is 0. The van der Waals surface area contributed by atoms with Gasteiger partial charge in [-0.05, 0) is 0 Å². The van der Waals surface area contributed by atoms with Crippen molar-refractivity contribution in [2.24, 2.45) is 0 Å². The third-order valence-electron chi connectivity index (χ3n) is 1.85. The van der Waals surface area contributed by atoms with E-state index in [1.165, 1.54) is 0 Å². The first kappa shape index (κ1) is 8.44. The summed E-state index contributed by atoms with van der Waals surface area (Å²) in [6.45, 7) is 0. The molecule has 0 aliphatic carbocycles. The summed E-state index contributed by atoms with van der Waals surface area (Å²) in [4.78, 5) is 2.91. The second-order valence-corrected chi connectivity index (χ2v) is 2.74. The first-order valence-electron chi connectivity index (χ1n) is 3.63. The van der Waals surface area contributed by atoms with E-state index in [1.54, 1.807) is 0 Å². The van der Waals surface area contributed by atoms with Crippen molar-refractivity contribution in [3.05, 3.63) is 24.3 Å². The number of H-pyrrole nitrogens is 1. The predicted molar refractivity (Wildman–Crippen MR) is 43.8 cm³/mol. The molecular formula is C8H7CuN2O2+. The van der Waals surface area contributed by atoms with E-state index < -0.39 is 0 Å². The van der Waals surface area contributed by atoms with Crippen LogP contribution in [0.5, 0.6) is 5.88 Å². The van der Waals surface area contributed by atoms with Crippen molar-refractivity contribution >= 4 is 16.6 Å². The van der Waals surface area contributed by atoms with Gasteiger partial charge in [0.1, 0.15) is 0 Å². The van der Waals surface area contributed by atoms with Crippen LogP contribution >= 0.6 is 0 Å². The fourth-order valence-corrected chi connectivity index (χ4v) is 1.42. The average molecular weight is 227 g/mol. The molecule has 0 spiro atoms. The van der Waals surface area contributed by atoms with E-state index in [4.69, 9.17) is 5.21 Å². The monoisotopic (exact) mass is 226 g/mol. The maximum absolute atomic E-state index is 8.84. The zero-order valence-corrected chi connectivity index (χ0v) is 7.41. The Morgan fingerprint density at radius 3 is 2.85 bits per heavy atom. The van der Waals surface area contributed by atoms with Crippen molar-refractivity contribution in [2.45, 2.75) is 0 Å². The van der Waals surface area contributed by atoms with Gasteiger partial charge in [-0.1, -0.05) is 0 Å². The Kier molecular flexibility index (Phi) is 2.14. The van der Waals surface area contributed by atoms with Crippen molar-refractivity contribution in [3.63, 3.8) is 0 Å². The molecule has 4 nitrogen and oxygen atoms in total. The molecular weight excluding hydrogens is 220 g/mol. The van der Waals surface area contributed by atoms with Crippen LogP contribution < -0.4 is 5.48 Å². The summed E-state index contributed by atoms with van der Waals surface area (Å²) in [7, 11) is 0. The number of aromatic amines is 1. The van der Waals surface area contributed by atoms with Gasteiger partial charge >= 0.3 is 81.8 Å². The first-order chi connectivity index (χ1) is 6.36. The Labute approximate surface area is 82.2 Å². The molecule has 1 heterocycles. The predicted octanol–water partition coefficient (Wildman–Crippen LogP) is 2.11. The Balaban J connectivity index is 2.81. The van der Waals surface area contributed by atoms with E-state index >= 15 is 0 Å². The fourth-order valence-electron chi connectivity index (χ4n) is 1.27. The first-order valence-corrected chi connectivity index (χ1v) is 4.01. The summed E-state index contributed by atoms with van der Waals surface area (Å²) in [5.74, 6) is 0.337. The van der Waals surface area contributed by atoms with Gasteiger partial charge < -0.3 is 0 Å². The van der Waals surface area contributed by atoms with Crippen LogP contribution in [0.3, 0.4) is 0 Å². The average Bonchev–Trinajstić information content (AvgIpc) is 2.55. The van der Waals surface area contributed by atoms with Crippen LogP contribution in [0.2, 0.25) is 0 Å². The molecule has 2 aromatic rings. The van der Waals surface area contributed by atoms with Crippen molar-refractivity contribution < 1.29 is 24.6 Å². The second-order valence-electron chi connectivity index (χ2n) is 2.55. The molecule has 1 aromatic heterocycles. The van der Waals surface area contributed by atoms with E-state index in [-0.39, 0.29) is 0 Å². The Hall–Kier alpha value is -1.16. The number of para-hydroxylation sites is 1. The topological polar surface area (TPSA) is 59.4 Å². The molecule has 0 bridgehead atoms. The molecule has 0 aliphatic heterocycles. The van der Waals surface area contributed by atoms with Crippen molar-refractivity contribution in [3.8, 4) is 5.88 Å². The van der Waals surface area contributed by atoms with Gasteiger partial charge in [0.05, 0.1) is 0 Å². The molecule has 0 fully saturated rings. The van der Waals surface area contributed by atoms with Gasteiger partial charge in [-0.15, -0.1) is 0 Å². The summed E-state index contributed by atoms with van der Waals surface area (Å²) < 4.78 is 4.61. The molecule has 3 N–H and O–H groups in total. The van der Waals surface area contributed by atoms with E-state index in [2.05, 4.69) is 24.4 Å². The van der Waals surface area contributed by atoms with Gasteiger partial charge in [-0.3, -0.25) is 0 Å². The standard InChI is InChI=1S/C8H8N2O2.Cu/c11-8-7(10-12)5-3-1-2-4-6(5)9-8;/h1-4,9-12H;/q;+2/p-1. The molecule has 0 saturated carbocycles. The molecule has 0 amide bonds. The van der Waals surface area contributed by atoms with Crippen molar-refractivity contribution in [1.82, 2.24) is 4.98 Å². The SMILES string of the molecule is ONc1c([O+]=[Cu])[nH]c2ccccc12. The van der Waals surface area contributed by atoms with Gasteiger partial charge in [0.15, 0.2) is 0 Å². The zero-order valence-electron chi connectivity index (χ0n) is 6.47. The maximum atomic E-state index is 8.84. The number of aromatic nitrogens is 1. The molecule has 13 heavy (non-hydrogen) atoms. The minimum absolute atomic E-state index is 0.337. The van der Waals surface area contributed by atoms with Crippen LogP contribution in [-0.4, -0.2) is 10.2 Å². The number of benzene rings is 1. The van der Waals surface area contributed by atoms with Gasteiger partial charge in [0, 0.05) is 0 Å². The van der Waals surface area contributed by atoms with E-state index in [0.29, 0.717) is 11.6 Å². The molecule has 0 unspecified atom stereocenters. The third-order valence-corrected chi connectivity index (χ3v) is 2.04. The van der Waals surface area contributed by atoms with Crippen molar-refractivity contribution in [1.29, 1.82) is 0 Å². The Morgan fingerprint density at radius 1 is 1.38 bits per heavy atom. The number of hydrogen-bond acceptors (Lipinski definition) is 2. The number of nitrogens with one attached hydrogen (secondary N) is 2.